The first-order valence-electron chi connectivity index (χ1n) is 8.54. The minimum atomic E-state index is -0.686. The van der Waals surface area contributed by atoms with E-state index in [1.807, 2.05) is 0 Å². The number of ether oxygens (including phenoxy) is 1. The van der Waals surface area contributed by atoms with Gasteiger partial charge < -0.3 is 10.1 Å². The number of rotatable bonds is 5. The van der Waals surface area contributed by atoms with E-state index >= 15 is 0 Å². The SMILES string of the molecule is Cc1cc(Cl)ccc1NC(=O)COC(=O)c1ccc(N2C(=O)CCC2=O)cc1. The van der Waals surface area contributed by atoms with Gasteiger partial charge in [0, 0.05) is 23.6 Å². The van der Waals surface area contributed by atoms with Gasteiger partial charge in [0.2, 0.25) is 11.8 Å². The molecule has 1 aliphatic rings. The van der Waals surface area contributed by atoms with Crippen molar-refractivity contribution >= 4 is 46.7 Å². The Morgan fingerprint density at radius 3 is 2.32 bits per heavy atom. The molecule has 0 atom stereocenters. The topological polar surface area (TPSA) is 92.8 Å². The summed E-state index contributed by atoms with van der Waals surface area (Å²) in [6.45, 7) is 1.34. The number of imide groups is 1. The van der Waals surface area contributed by atoms with Crippen LogP contribution in [0.1, 0.15) is 28.8 Å². The number of carbonyl (C=O) groups is 4. The molecular formula is C20H17ClN2O5. The number of nitrogens with zero attached hydrogens (tertiary/aromatic N) is 1. The molecule has 3 amide bonds. The number of carbonyl (C=O) groups excluding carboxylic acids is 4. The number of hydrogen-bond donors (Lipinski definition) is 1. The first kappa shape index (κ1) is 19.6. The average molecular weight is 401 g/mol. The number of anilines is 2. The highest BCUT2D eigenvalue weighted by Crippen LogP contribution is 2.23. The van der Waals surface area contributed by atoms with E-state index in [2.05, 4.69) is 5.32 Å². The zero-order valence-corrected chi connectivity index (χ0v) is 15.8. The maximum Gasteiger partial charge on any atom is 0.338 e. The highest BCUT2D eigenvalue weighted by Gasteiger charge is 2.30. The summed E-state index contributed by atoms with van der Waals surface area (Å²) in [6.07, 6.45) is 0.371. The summed E-state index contributed by atoms with van der Waals surface area (Å²) < 4.78 is 5.01. The van der Waals surface area contributed by atoms with Gasteiger partial charge in [-0.3, -0.25) is 19.3 Å². The third kappa shape index (κ3) is 4.37. The summed E-state index contributed by atoms with van der Waals surface area (Å²) in [7, 11) is 0. The molecule has 144 valence electrons. The van der Waals surface area contributed by atoms with Gasteiger partial charge in [-0.05, 0) is 55.0 Å². The standard InChI is InChI=1S/C20H17ClN2O5/c1-12-10-14(21)4-7-16(12)22-17(24)11-28-20(27)13-2-5-15(6-3-13)23-18(25)8-9-19(23)26/h2-7,10H,8-9,11H2,1H3,(H,22,24). The number of halogens is 1. The Hall–Kier alpha value is -3.19. The number of nitrogens with one attached hydrogen (secondary N) is 1. The number of esters is 1. The van der Waals surface area contributed by atoms with E-state index in [1.165, 1.54) is 24.3 Å². The fourth-order valence-electron chi connectivity index (χ4n) is 2.78. The molecule has 0 unspecified atom stereocenters. The zero-order valence-electron chi connectivity index (χ0n) is 15.0. The third-order valence-electron chi connectivity index (χ3n) is 4.21. The molecule has 0 saturated carbocycles. The van der Waals surface area contributed by atoms with E-state index < -0.39 is 18.5 Å². The van der Waals surface area contributed by atoms with E-state index in [-0.39, 0.29) is 30.2 Å². The van der Waals surface area contributed by atoms with E-state index in [1.54, 1.807) is 25.1 Å². The van der Waals surface area contributed by atoms with Gasteiger partial charge in [-0.2, -0.15) is 0 Å². The lowest BCUT2D eigenvalue weighted by Crippen LogP contribution is -2.28. The Labute approximate surface area is 166 Å². The predicted octanol–water partition coefficient (Wildman–Crippen LogP) is 3.10. The van der Waals surface area contributed by atoms with Gasteiger partial charge >= 0.3 is 5.97 Å². The second-order valence-electron chi connectivity index (χ2n) is 6.25. The van der Waals surface area contributed by atoms with Crippen LogP contribution in [0, 0.1) is 6.92 Å². The Balaban J connectivity index is 1.56. The lowest BCUT2D eigenvalue weighted by Gasteiger charge is -2.14. The molecule has 1 N–H and O–H groups in total. The summed E-state index contributed by atoms with van der Waals surface area (Å²) in [5.74, 6) is -1.71. The van der Waals surface area contributed by atoms with Crippen LogP contribution in [-0.2, 0) is 19.1 Å². The maximum absolute atomic E-state index is 12.1. The number of aryl methyl sites for hydroxylation is 1. The molecule has 0 aliphatic carbocycles. The van der Waals surface area contributed by atoms with Gasteiger partial charge in [-0.1, -0.05) is 11.6 Å². The van der Waals surface area contributed by atoms with E-state index in [0.29, 0.717) is 16.4 Å². The van der Waals surface area contributed by atoms with Gasteiger partial charge in [0.1, 0.15) is 0 Å². The number of hydrogen-bond acceptors (Lipinski definition) is 5. The highest BCUT2D eigenvalue weighted by molar-refractivity contribution is 6.30. The third-order valence-corrected chi connectivity index (χ3v) is 4.44. The normalized spacial score (nSPS) is 13.6. The quantitative estimate of drug-likeness (QED) is 0.615. The van der Waals surface area contributed by atoms with Crippen LogP contribution in [0.4, 0.5) is 11.4 Å². The van der Waals surface area contributed by atoms with Crippen molar-refractivity contribution in [2.24, 2.45) is 0 Å². The van der Waals surface area contributed by atoms with Crippen LogP contribution < -0.4 is 10.2 Å². The van der Waals surface area contributed by atoms with Crippen molar-refractivity contribution in [3.63, 3.8) is 0 Å². The van der Waals surface area contributed by atoms with Crippen LogP contribution in [0.3, 0.4) is 0 Å². The molecule has 0 spiro atoms. The monoisotopic (exact) mass is 400 g/mol. The zero-order chi connectivity index (χ0) is 20.3. The lowest BCUT2D eigenvalue weighted by atomic mass is 10.2. The molecule has 0 radical (unpaired) electrons. The molecule has 2 aromatic carbocycles. The summed E-state index contributed by atoms with van der Waals surface area (Å²) in [4.78, 5) is 48.7. The lowest BCUT2D eigenvalue weighted by molar-refractivity contribution is -0.121. The van der Waals surface area contributed by atoms with Gasteiger partial charge in [-0.15, -0.1) is 0 Å². The Morgan fingerprint density at radius 1 is 1.07 bits per heavy atom. The molecule has 28 heavy (non-hydrogen) atoms. The fourth-order valence-corrected chi connectivity index (χ4v) is 3.01. The van der Waals surface area contributed by atoms with Crippen molar-refractivity contribution < 1.29 is 23.9 Å². The minimum Gasteiger partial charge on any atom is -0.452 e. The summed E-state index contributed by atoms with van der Waals surface area (Å²) in [6, 6.07) is 10.9. The Morgan fingerprint density at radius 2 is 1.71 bits per heavy atom. The summed E-state index contributed by atoms with van der Waals surface area (Å²) >= 11 is 5.87. The van der Waals surface area contributed by atoms with Crippen molar-refractivity contribution in [3.05, 3.63) is 58.6 Å². The van der Waals surface area contributed by atoms with Crippen molar-refractivity contribution in [1.29, 1.82) is 0 Å². The molecular weight excluding hydrogens is 384 g/mol. The fraction of sp³-hybridized carbons (Fsp3) is 0.200. The molecule has 7 nitrogen and oxygen atoms in total. The molecule has 1 fully saturated rings. The van der Waals surface area contributed by atoms with Gasteiger partial charge in [0.05, 0.1) is 11.3 Å². The molecule has 0 bridgehead atoms. The first-order valence-corrected chi connectivity index (χ1v) is 8.92. The predicted molar refractivity (Wildman–Crippen MR) is 103 cm³/mol. The minimum absolute atomic E-state index is 0.185. The van der Waals surface area contributed by atoms with Crippen molar-refractivity contribution in [2.75, 3.05) is 16.8 Å². The van der Waals surface area contributed by atoms with Gasteiger partial charge in [0.25, 0.3) is 5.91 Å². The molecule has 1 aliphatic heterocycles. The number of amides is 3. The van der Waals surface area contributed by atoms with Crippen molar-refractivity contribution in [3.8, 4) is 0 Å². The van der Waals surface area contributed by atoms with Crippen LogP contribution in [0.15, 0.2) is 42.5 Å². The highest BCUT2D eigenvalue weighted by atomic mass is 35.5. The second-order valence-corrected chi connectivity index (χ2v) is 6.69. The van der Waals surface area contributed by atoms with Gasteiger partial charge in [0.15, 0.2) is 6.61 Å². The molecule has 0 aromatic heterocycles. The van der Waals surface area contributed by atoms with Crippen LogP contribution >= 0.6 is 11.6 Å². The van der Waals surface area contributed by atoms with Crippen LogP contribution in [0.25, 0.3) is 0 Å². The van der Waals surface area contributed by atoms with E-state index in [4.69, 9.17) is 16.3 Å². The molecule has 3 rings (SSSR count). The Bertz CT molecular complexity index is 940. The van der Waals surface area contributed by atoms with E-state index in [0.717, 1.165) is 10.5 Å². The molecule has 1 saturated heterocycles. The summed E-state index contributed by atoms with van der Waals surface area (Å²) in [5.41, 5.74) is 1.97. The first-order chi connectivity index (χ1) is 13.3. The summed E-state index contributed by atoms with van der Waals surface area (Å²) in [5, 5.41) is 3.20. The maximum atomic E-state index is 12.1. The van der Waals surface area contributed by atoms with Crippen LogP contribution in [0.5, 0.6) is 0 Å². The van der Waals surface area contributed by atoms with E-state index in [9.17, 15) is 19.2 Å². The Kier molecular flexibility index (Phi) is 5.75. The van der Waals surface area contributed by atoms with Crippen LogP contribution in [-0.4, -0.2) is 30.3 Å². The molecule has 2 aromatic rings. The smallest absolute Gasteiger partial charge is 0.338 e. The molecule has 1 heterocycles. The van der Waals surface area contributed by atoms with Crippen LogP contribution in [0.2, 0.25) is 5.02 Å². The van der Waals surface area contributed by atoms with Crippen molar-refractivity contribution in [2.45, 2.75) is 19.8 Å². The number of benzene rings is 2. The molecule has 8 heteroatoms. The largest absolute Gasteiger partial charge is 0.452 e. The van der Waals surface area contributed by atoms with Gasteiger partial charge in [-0.25, -0.2) is 4.79 Å². The van der Waals surface area contributed by atoms with Crippen molar-refractivity contribution in [1.82, 2.24) is 0 Å². The average Bonchev–Trinajstić information content (AvgIpc) is 3.00. The second kappa shape index (κ2) is 8.22.